The molecule has 2 rings (SSSR count). The van der Waals surface area contributed by atoms with Gasteiger partial charge < -0.3 is 0 Å². The van der Waals surface area contributed by atoms with E-state index in [1.54, 1.807) is 0 Å². The molecule has 0 atom stereocenters. The molecule has 2 aromatic carbocycles. The van der Waals surface area contributed by atoms with E-state index in [2.05, 4.69) is 0 Å². The normalized spacial score (nSPS) is 22.9. The third-order valence-electron chi connectivity index (χ3n) is 1.83. The summed E-state index contributed by atoms with van der Waals surface area (Å²) in [6.07, 6.45) is 0. The lowest BCUT2D eigenvalue weighted by Gasteiger charge is -1.96. The molecular weight excluding hydrogens is 319 g/mol. The van der Waals surface area contributed by atoms with E-state index in [0.717, 1.165) is 0 Å². The summed E-state index contributed by atoms with van der Waals surface area (Å²) in [7, 11) is 0. The summed E-state index contributed by atoms with van der Waals surface area (Å²) >= 11 is 1.89. The molecule has 0 bridgehead atoms. The predicted molar refractivity (Wildman–Crippen MR) is 84.5 cm³/mol. The van der Waals surface area contributed by atoms with Crippen molar-refractivity contribution in [2.45, 2.75) is 27.4 Å². The van der Waals surface area contributed by atoms with Gasteiger partial charge in [0.1, 0.15) is 0 Å². The van der Waals surface area contributed by atoms with Gasteiger partial charge in [-0.3, -0.25) is 0 Å². The summed E-state index contributed by atoms with van der Waals surface area (Å²) in [5, 5.41) is 0. The predicted octanol–water partition coefficient (Wildman–Crippen LogP) is 5.21. The summed E-state index contributed by atoms with van der Waals surface area (Å²) in [6.45, 7) is -9.02. The molecule has 0 nitrogen and oxygen atoms in total. The number of rotatable bonds is 0. The van der Waals surface area contributed by atoms with Gasteiger partial charge in [0.25, 0.3) is 0 Å². The number of benzene rings is 2. The molecular formula is C16H19I. The van der Waals surface area contributed by atoms with Gasteiger partial charge >= 0.3 is 0 Å². The fourth-order valence-corrected chi connectivity index (χ4v) is 1.38. The first kappa shape index (κ1) is 4.69. The third-order valence-corrected chi connectivity index (χ3v) is 2.77. The lowest BCUT2D eigenvalue weighted by atomic mass is 10.2. The molecule has 0 fully saturated rings. The highest BCUT2D eigenvalue weighted by atomic mass is 127. The first-order valence-electron chi connectivity index (χ1n) is 10.7. The standard InChI is InChI=1S/C8H9I.C8H10/c1-6-3-4-8(9)7(2)5-6;1-7-4-3-5-8(2)6-7/h3-5H,1-2H3;3-6H,1-2H3/i2*1D3,2D3. The molecule has 90 valence electrons. The fourth-order valence-electron chi connectivity index (χ4n) is 1.04. The molecule has 0 aromatic heterocycles. The van der Waals surface area contributed by atoms with E-state index in [0.29, 0.717) is 3.57 Å². The molecule has 0 N–H and O–H groups in total. The Morgan fingerprint density at radius 2 is 1.47 bits per heavy atom. The quantitative estimate of drug-likeness (QED) is 0.572. The summed E-state index contributed by atoms with van der Waals surface area (Å²) in [4.78, 5) is 0. The van der Waals surface area contributed by atoms with E-state index in [-0.39, 0.29) is 22.3 Å². The molecule has 0 saturated heterocycles. The number of hydrogen-bond donors (Lipinski definition) is 0. The van der Waals surface area contributed by atoms with Crippen molar-refractivity contribution in [1.82, 2.24) is 0 Å². The van der Waals surface area contributed by atoms with Crippen LogP contribution in [0.2, 0.25) is 0 Å². The van der Waals surface area contributed by atoms with Gasteiger partial charge in [-0.2, -0.15) is 0 Å². The van der Waals surface area contributed by atoms with Crippen LogP contribution in [-0.4, -0.2) is 0 Å². The second-order valence-electron chi connectivity index (χ2n) is 3.28. The van der Waals surface area contributed by atoms with Crippen molar-refractivity contribution in [1.29, 1.82) is 0 Å². The second-order valence-corrected chi connectivity index (χ2v) is 4.44. The van der Waals surface area contributed by atoms with E-state index in [9.17, 15) is 0 Å². The molecule has 0 saturated carbocycles. The van der Waals surface area contributed by atoms with Gasteiger partial charge in [-0.05, 0) is 61.6 Å². The van der Waals surface area contributed by atoms with Crippen molar-refractivity contribution in [3.8, 4) is 0 Å². The van der Waals surface area contributed by atoms with Crippen molar-refractivity contribution in [2.24, 2.45) is 0 Å². The molecule has 0 aliphatic heterocycles. The van der Waals surface area contributed by atoms with Gasteiger partial charge in [0.15, 0.2) is 0 Å². The van der Waals surface area contributed by atoms with Gasteiger partial charge in [0.2, 0.25) is 0 Å². The first-order valence-corrected chi connectivity index (χ1v) is 5.83. The average Bonchev–Trinajstić information content (AvgIpc) is 2.52. The Morgan fingerprint density at radius 3 is 2.06 bits per heavy atom. The van der Waals surface area contributed by atoms with Gasteiger partial charge in [-0.15, -0.1) is 0 Å². The SMILES string of the molecule is [2H]C([2H])([2H])c1ccc(I)c(C([2H])([2H])[2H])c1.[2H]C([2H])([2H])c1cccc(C([2H])([2H])[2H])c1. The summed E-state index contributed by atoms with van der Waals surface area (Å²) < 4.78 is 86.7. The molecule has 17 heavy (non-hydrogen) atoms. The van der Waals surface area contributed by atoms with Crippen molar-refractivity contribution in [3.63, 3.8) is 0 Å². The molecule has 0 heterocycles. The van der Waals surface area contributed by atoms with Crippen LogP contribution in [0.25, 0.3) is 0 Å². The molecule has 2 aromatic rings. The molecule has 0 unspecified atom stereocenters. The van der Waals surface area contributed by atoms with Crippen molar-refractivity contribution >= 4 is 22.6 Å². The molecule has 0 aliphatic rings. The van der Waals surface area contributed by atoms with Crippen LogP contribution in [0.4, 0.5) is 0 Å². The van der Waals surface area contributed by atoms with Gasteiger partial charge in [-0.25, -0.2) is 0 Å². The van der Waals surface area contributed by atoms with E-state index in [1.165, 1.54) is 42.5 Å². The summed E-state index contributed by atoms with van der Waals surface area (Å²) in [5.74, 6) is 0. The molecule has 0 amide bonds. The zero-order valence-electron chi connectivity index (χ0n) is 20.9. The zero-order valence-corrected chi connectivity index (χ0v) is 11.1. The van der Waals surface area contributed by atoms with Crippen LogP contribution >= 0.6 is 22.6 Å². The van der Waals surface area contributed by atoms with Crippen LogP contribution in [0, 0.1) is 31.0 Å². The highest BCUT2D eigenvalue weighted by Gasteiger charge is 1.90. The molecule has 0 aliphatic carbocycles. The number of aryl methyl sites for hydroxylation is 4. The Labute approximate surface area is 135 Å². The molecule has 1 heteroatoms. The topological polar surface area (TPSA) is 0 Å². The van der Waals surface area contributed by atoms with Gasteiger partial charge in [0, 0.05) is 20.0 Å². The van der Waals surface area contributed by atoms with Gasteiger partial charge in [0.05, 0.1) is 0 Å². The Hall–Kier alpha value is -0.830. The van der Waals surface area contributed by atoms with Crippen molar-refractivity contribution in [2.75, 3.05) is 0 Å². The fraction of sp³-hybridized carbons (Fsp3) is 0.250. The minimum absolute atomic E-state index is 0.0612. The minimum Gasteiger partial charge on any atom is -0.0617 e. The number of halogens is 1. The largest absolute Gasteiger partial charge is 0.0617 e. The Morgan fingerprint density at radius 1 is 0.824 bits per heavy atom. The maximum Gasteiger partial charge on any atom is 0.0280 e. The third kappa shape index (κ3) is 5.35. The lowest BCUT2D eigenvalue weighted by Crippen LogP contribution is -1.79. The average molecular weight is 350 g/mol. The Balaban J connectivity index is 0.000000291. The first-order chi connectivity index (χ1) is 12.8. The smallest absolute Gasteiger partial charge is 0.0280 e. The summed E-state index contributed by atoms with van der Waals surface area (Å²) in [5.41, 5.74) is 0.281. The maximum atomic E-state index is 7.26. The highest BCUT2D eigenvalue weighted by Crippen LogP contribution is 2.11. The van der Waals surface area contributed by atoms with Gasteiger partial charge in [-0.1, -0.05) is 53.1 Å². The van der Waals surface area contributed by atoms with E-state index >= 15 is 0 Å². The van der Waals surface area contributed by atoms with E-state index < -0.39 is 27.4 Å². The van der Waals surface area contributed by atoms with Crippen LogP contribution in [0.15, 0.2) is 42.5 Å². The van der Waals surface area contributed by atoms with Crippen molar-refractivity contribution < 1.29 is 16.4 Å². The monoisotopic (exact) mass is 350 g/mol. The van der Waals surface area contributed by atoms with Crippen LogP contribution in [0.3, 0.4) is 0 Å². The van der Waals surface area contributed by atoms with Crippen LogP contribution in [-0.2, 0) is 0 Å². The van der Waals surface area contributed by atoms with Crippen LogP contribution in [0.5, 0.6) is 0 Å². The zero-order chi connectivity index (χ0) is 22.8. The van der Waals surface area contributed by atoms with Crippen LogP contribution in [0.1, 0.15) is 38.7 Å². The highest BCUT2D eigenvalue weighted by molar-refractivity contribution is 14.1. The Kier molecular flexibility index (Phi) is 1.87. The van der Waals surface area contributed by atoms with E-state index in [1.807, 2.05) is 22.6 Å². The number of hydrogen-bond acceptors (Lipinski definition) is 0. The van der Waals surface area contributed by atoms with Crippen LogP contribution < -0.4 is 0 Å². The van der Waals surface area contributed by atoms with E-state index in [4.69, 9.17) is 16.4 Å². The maximum absolute atomic E-state index is 7.26. The molecule has 0 radical (unpaired) electrons. The summed E-state index contributed by atoms with van der Waals surface area (Å²) in [6, 6.07) is 9.66. The minimum atomic E-state index is -2.27. The Bertz CT molecular complexity index is 798. The second kappa shape index (κ2) is 6.80. The van der Waals surface area contributed by atoms with Crippen molar-refractivity contribution in [3.05, 3.63) is 68.3 Å². The molecule has 0 spiro atoms. The lowest BCUT2D eigenvalue weighted by molar-refractivity contribution is 1.36.